The summed E-state index contributed by atoms with van der Waals surface area (Å²) < 4.78 is 5.64. The molecule has 1 atom stereocenters. The first-order valence-electron chi connectivity index (χ1n) is 7.37. The van der Waals surface area contributed by atoms with E-state index in [1.54, 1.807) is 7.05 Å². The Labute approximate surface area is 127 Å². The first kappa shape index (κ1) is 17.7. The zero-order chi connectivity index (χ0) is 15.9. The molecule has 2 N–H and O–H groups in total. The highest BCUT2D eigenvalue weighted by Gasteiger charge is 2.38. The van der Waals surface area contributed by atoms with Crippen LogP contribution in [0.4, 0.5) is 0 Å². The van der Waals surface area contributed by atoms with E-state index >= 15 is 0 Å². The molecule has 0 aliphatic heterocycles. The van der Waals surface area contributed by atoms with Crippen molar-refractivity contribution in [1.82, 2.24) is 5.32 Å². The van der Waals surface area contributed by atoms with Crippen LogP contribution < -0.4 is 5.32 Å². The van der Waals surface area contributed by atoms with E-state index in [0.29, 0.717) is 19.6 Å². The Morgan fingerprint density at radius 1 is 1.14 bits per heavy atom. The second-order valence-corrected chi connectivity index (χ2v) is 6.50. The van der Waals surface area contributed by atoms with Crippen molar-refractivity contribution in [1.29, 1.82) is 0 Å². The number of likely N-dealkylation sites (N-methyl/N-ethyl adjacent to an activating group) is 1. The molecule has 0 spiro atoms. The molecule has 0 bridgehead atoms. The monoisotopic (exact) mass is 293 g/mol. The quantitative estimate of drug-likeness (QED) is 0.723. The van der Waals surface area contributed by atoms with E-state index in [2.05, 4.69) is 26.1 Å². The molecule has 1 rings (SSSR count). The maximum atomic E-state index is 11.8. The molecule has 4 nitrogen and oxygen atoms in total. The van der Waals surface area contributed by atoms with Crippen molar-refractivity contribution in [2.75, 3.05) is 20.3 Å². The normalized spacial score (nSPS) is 14.7. The van der Waals surface area contributed by atoms with Gasteiger partial charge in [0.25, 0.3) is 0 Å². The molecule has 0 saturated heterocycles. The maximum Gasteiger partial charge on any atom is 0.328 e. The molecular formula is C17H27NO3. The van der Waals surface area contributed by atoms with Crippen LogP contribution in [0.15, 0.2) is 30.3 Å². The number of hydrogen-bond donors (Lipinski definition) is 2. The van der Waals surface area contributed by atoms with Gasteiger partial charge in [0.1, 0.15) is 5.54 Å². The largest absolute Gasteiger partial charge is 0.480 e. The topological polar surface area (TPSA) is 58.6 Å². The van der Waals surface area contributed by atoms with E-state index in [1.165, 1.54) is 0 Å². The van der Waals surface area contributed by atoms with E-state index in [4.69, 9.17) is 4.74 Å². The highest BCUT2D eigenvalue weighted by molar-refractivity contribution is 5.80. The third kappa shape index (κ3) is 5.14. The Hall–Kier alpha value is -1.39. The third-order valence-electron chi connectivity index (χ3n) is 3.68. The Balaban J connectivity index is 2.66. The number of nitrogens with one attached hydrogen (secondary N) is 1. The fourth-order valence-electron chi connectivity index (χ4n) is 2.18. The van der Waals surface area contributed by atoms with Crippen LogP contribution in [0.1, 0.15) is 39.2 Å². The highest BCUT2D eigenvalue weighted by atomic mass is 16.5. The Morgan fingerprint density at radius 3 is 2.19 bits per heavy atom. The number of carbonyl (C=O) groups is 1. The average Bonchev–Trinajstić information content (AvgIpc) is 2.42. The zero-order valence-corrected chi connectivity index (χ0v) is 13.5. The number of ether oxygens (including phenoxy) is 1. The number of aliphatic carboxylic acids is 1. The van der Waals surface area contributed by atoms with Gasteiger partial charge in [-0.25, -0.2) is 4.79 Å². The van der Waals surface area contributed by atoms with Crippen LogP contribution in [-0.4, -0.2) is 31.3 Å². The van der Waals surface area contributed by atoms with Gasteiger partial charge in [0.05, 0.1) is 0 Å². The molecule has 1 unspecified atom stereocenters. The Morgan fingerprint density at radius 2 is 1.71 bits per heavy atom. The lowest BCUT2D eigenvalue weighted by Gasteiger charge is -2.29. The number of rotatable bonds is 8. The van der Waals surface area contributed by atoms with Gasteiger partial charge in [0.15, 0.2) is 0 Å². The van der Waals surface area contributed by atoms with Crippen LogP contribution in [0.2, 0.25) is 0 Å². The van der Waals surface area contributed by atoms with Gasteiger partial charge in [-0.2, -0.15) is 0 Å². The molecular weight excluding hydrogens is 266 g/mol. The fraction of sp³-hybridized carbons (Fsp3) is 0.588. The molecule has 0 radical (unpaired) electrons. The van der Waals surface area contributed by atoms with Gasteiger partial charge >= 0.3 is 5.97 Å². The summed E-state index contributed by atoms with van der Waals surface area (Å²) in [5, 5.41) is 12.6. The number of benzene rings is 1. The first-order chi connectivity index (χ1) is 9.82. The summed E-state index contributed by atoms with van der Waals surface area (Å²) in [4.78, 5) is 11.8. The van der Waals surface area contributed by atoms with Gasteiger partial charge in [-0.05, 0) is 24.4 Å². The molecule has 0 fully saturated rings. The van der Waals surface area contributed by atoms with Crippen LogP contribution in [0.25, 0.3) is 0 Å². The standard InChI is InChI=1S/C17H27NO3/c1-16(2,3)10-12-21-13-11-17(18-4,15(19)20)14-8-6-5-7-9-14/h5-9,18H,10-13H2,1-4H3,(H,19,20). The van der Waals surface area contributed by atoms with Gasteiger partial charge in [0.2, 0.25) is 0 Å². The van der Waals surface area contributed by atoms with E-state index < -0.39 is 11.5 Å². The summed E-state index contributed by atoms with van der Waals surface area (Å²) in [5.74, 6) is -0.879. The van der Waals surface area contributed by atoms with Gasteiger partial charge < -0.3 is 15.2 Å². The highest BCUT2D eigenvalue weighted by Crippen LogP contribution is 2.25. The molecule has 0 aliphatic rings. The molecule has 1 aromatic carbocycles. The van der Waals surface area contributed by atoms with E-state index in [1.807, 2.05) is 30.3 Å². The second kappa shape index (κ2) is 7.57. The average molecular weight is 293 g/mol. The minimum atomic E-state index is -1.09. The van der Waals surface area contributed by atoms with Gasteiger partial charge in [-0.15, -0.1) is 0 Å². The van der Waals surface area contributed by atoms with Crippen molar-refractivity contribution in [2.24, 2.45) is 5.41 Å². The fourth-order valence-corrected chi connectivity index (χ4v) is 2.18. The van der Waals surface area contributed by atoms with Crippen molar-refractivity contribution in [2.45, 2.75) is 39.2 Å². The number of hydrogen-bond acceptors (Lipinski definition) is 3. The Bertz CT molecular complexity index is 439. The van der Waals surface area contributed by atoms with E-state index in [-0.39, 0.29) is 5.41 Å². The summed E-state index contributed by atoms with van der Waals surface area (Å²) in [6.45, 7) is 7.55. The lowest BCUT2D eigenvalue weighted by molar-refractivity contribution is -0.146. The van der Waals surface area contributed by atoms with Crippen LogP contribution in [-0.2, 0) is 15.1 Å². The number of carboxylic acid groups (broad SMARTS) is 1. The molecule has 0 amide bonds. The maximum absolute atomic E-state index is 11.8. The first-order valence-corrected chi connectivity index (χ1v) is 7.37. The van der Waals surface area contributed by atoms with Crippen LogP contribution in [0.5, 0.6) is 0 Å². The van der Waals surface area contributed by atoms with Crippen molar-refractivity contribution in [3.05, 3.63) is 35.9 Å². The van der Waals surface area contributed by atoms with Crippen molar-refractivity contribution < 1.29 is 14.6 Å². The second-order valence-electron chi connectivity index (χ2n) is 6.50. The minimum Gasteiger partial charge on any atom is -0.480 e. The molecule has 1 aromatic rings. The van der Waals surface area contributed by atoms with Crippen molar-refractivity contribution in [3.8, 4) is 0 Å². The summed E-state index contributed by atoms with van der Waals surface area (Å²) in [6.07, 6.45) is 1.35. The summed E-state index contributed by atoms with van der Waals surface area (Å²) in [7, 11) is 1.68. The zero-order valence-electron chi connectivity index (χ0n) is 13.5. The molecule has 0 heterocycles. The summed E-state index contributed by atoms with van der Waals surface area (Å²) >= 11 is 0. The van der Waals surface area contributed by atoms with E-state index in [0.717, 1.165) is 12.0 Å². The van der Waals surface area contributed by atoms with Crippen LogP contribution >= 0.6 is 0 Å². The summed E-state index contributed by atoms with van der Waals surface area (Å²) in [6, 6.07) is 9.25. The predicted octanol–water partition coefficient (Wildman–Crippen LogP) is 3.03. The lowest BCUT2D eigenvalue weighted by atomic mass is 9.87. The van der Waals surface area contributed by atoms with Crippen molar-refractivity contribution >= 4 is 5.97 Å². The summed E-state index contributed by atoms with van der Waals surface area (Å²) in [5.41, 5.74) is -0.116. The lowest BCUT2D eigenvalue weighted by Crippen LogP contribution is -2.48. The predicted molar refractivity (Wildman–Crippen MR) is 84.3 cm³/mol. The molecule has 0 aliphatic carbocycles. The smallest absolute Gasteiger partial charge is 0.328 e. The minimum absolute atomic E-state index is 0.228. The number of carboxylic acids is 1. The molecule has 0 aromatic heterocycles. The third-order valence-corrected chi connectivity index (χ3v) is 3.68. The molecule has 118 valence electrons. The molecule has 4 heteroatoms. The van der Waals surface area contributed by atoms with E-state index in [9.17, 15) is 9.90 Å². The Kier molecular flexibility index (Phi) is 6.37. The van der Waals surface area contributed by atoms with Crippen LogP contribution in [0, 0.1) is 5.41 Å². The SMILES string of the molecule is CNC(CCOCCC(C)(C)C)(C(=O)O)c1ccccc1. The van der Waals surface area contributed by atoms with Crippen LogP contribution in [0.3, 0.4) is 0 Å². The van der Waals surface area contributed by atoms with Gasteiger partial charge in [0, 0.05) is 19.6 Å². The van der Waals surface area contributed by atoms with Crippen molar-refractivity contribution in [3.63, 3.8) is 0 Å². The molecule has 0 saturated carbocycles. The van der Waals surface area contributed by atoms with Gasteiger partial charge in [-0.3, -0.25) is 0 Å². The van der Waals surface area contributed by atoms with Gasteiger partial charge in [-0.1, -0.05) is 51.1 Å². The molecule has 21 heavy (non-hydrogen) atoms.